The second kappa shape index (κ2) is 10.2. The van der Waals surface area contributed by atoms with E-state index in [0.29, 0.717) is 30.4 Å². The number of carbonyl (C=O) groups is 1. The lowest BCUT2D eigenvalue weighted by Crippen LogP contribution is -2.30. The molecule has 150 valence electrons. The van der Waals surface area contributed by atoms with Crippen LogP contribution in [0.1, 0.15) is 12.5 Å². The van der Waals surface area contributed by atoms with Crippen molar-refractivity contribution in [3.05, 3.63) is 84.4 Å². The Hall–Kier alpha value is -3.47. The number of hydrogen-bond acceptors (Lipinski definition) is 4. The molecule has 3 aromatic rings. The predicted molar refractivity (Wildman–Crippen MR) is 114 cm³/mol. The second-order valence-corrected chi connectivity index (χ2v) is 6.60. The van der Waals surface area contributed by atoms with Crippen molar-refractivity contribution in [1.82, 2.24) is 0 Å². The number of amides is 1. The van der Waals surface area contributed by atoms with E-state index in [0.717, 1.165) is 11.3 Å². The molecule has 0 aliphatic rings. The number of nitrogens with one attached hydrogen (secondary N) is 1. The molecule has 0 radical (unpaired) electrons. The lowest BCUT2D eigenvalue weighted by atomic mass is 10.2. The number of ether oxygens (including phenoxy) is 3. The summed E-state index contributed by atoms with van der Waals surface area (Å²) in [7, 11) is 0. The largest absolute Gasteiger partial charge is 0.490 e. The SMILES string of the molecule is Cc1ccc(O[C@@H](C)C(=O)Nc2ccc(OCCOc3ccccc3)cc2)cc1. The Morgan fingerprint density at radius 1 is 0.793 bits per heavy atom. The zero-order valence-electron chi connectivity index (χ0n) is 16.6. The molecule has 0 aliphatic carbocycles. The molecule has 0 bridgehead atoms. The topological polar surface area (TPSA) is 56.8 Å². The minimum atomic E-state index is -0.608. The van der Waals surface area contributed by atoms with Gasteiger partial charge in [-0.15, -0.1) is 0 Å². The zero-order chi connectivity index (χ0) is 20.5. The van der Waals surface area contributed by atoms with Crippen molar-refractivity contribution >= 4 is 11.6 Å². The fourth-order valence-electron chi connectivity index (χ4n) is 2.59. The van der Waals surface area contributed by atoms with Crippen LogP contribution in [0.2, 0.25) is 0 Å². The summed E-state index contributed by atoms with van der Waals surface area (Å²) in [6.45, 7) is 4.61. The summed E-state index contributed by atoms with van der Waals surface area (Å²) in [6, 6.07) is 24.4. The Morgan fingerprint density at radius 2 is 1.34 bits per heavy atom. The van der Waals surface area contributed by atoms with Crippen LogP contribution in [0.25, 0.3) is 0 Å². The Labute approximate surface area is 171 Å². The van der Waals surface area contributed by atoms with Gasteiger partial charge in [-0.1, -0.05) is 35.9 Å². The maximum atomic E-state index is 12.3. The summed E-state index contributed by atoms with van der Waals surface area (Å²) < 4.78 is 16.9. The van der Waals surface area contributed by atoms with E-state index in [1.54, 1.807) is 19.1 Å². The third-order valence-electron chi connectivity index (χ3n) is 4.19. The van der Waals surface area contributed by atoms with E-state index < -0.39 is 6.10 Å². The highest BCUT2D eigenvalue weighted by Gasteiger charge is 2.14. The monoisotopic (exact) mass is 391 g/mol. The second-order valence-electron chi connectivity index (χ2n) is 6.60. The first-order valence-corrected chi connectivity index (χ1v) is 9.55. The molecule has 0 unspecified atom stereocenters. The van der Waals surface area contributed by atoms with Gasteiger partial charge in [0, 0.05) is 5.69 Å². The fraction of sp³-hybridized carbons (Fsp3) is 0.208. The van der Waals surface area contributed by atoms with Gasteiger partial charge >= 0.3 is 0 Å². The fourth-order valence-corrected chi connectivity index (χ4v) is 2.59. The molecule has 1 atom stereocenters. The van der Waals surface area contributed by atoms with Crippen LogP contribution < -0.4 is 19.5 Å². The van der Waals surface area contributed by atoms with E-state index >= 15 is 0 Å². The van der Waals surface area contributed by atoms with Crippen LogP contribution in [0.15, 0.2) is 78.9 Å². The highest BCUT2D eigenvalue weighted by Crippen LogP contribution is 2.18. The minimum Gasteiger partial charge on any atom is -0.490 e. The average molecular weight is 391 g/mol. The summed E-state index contributed by atoms with van der Waals surface area (Å²) >= 11 is 0. The van der Waals surface area contributed by atoms with Crippen LogP contribution in [0.3, 0.4) is 0 Å². The van der Waals surface area contributed by atoms with Crippen molar-refractivity contribution in [3.8, 4) is 17.2 Å². The van der Waals surface area contributed by atoms with E-state index in [1.165, 1.54) is 0 Å². The minimum absolute atomic E-state index is 0.212. The van der Waals surface area contributed by atoms with Crippen molar-refractivity contribution < 1.29 is 19.0 Å². The maximum absolute atomic E-state index is 12.3. The first kappa shape index (κ1) is 20.3. The molecular weight excluding hydrogens is 366 g/mol. The summed E-state index contributed by atoms with van der Waals surface area (Å²) in [5.41, 5.74) is 1.82. The molecule has 3 rings (SSSR count). The van der Waals surface area contributed by atoms with Crippen LogP contribution >= 0.6 is 0 Å². The molecular formula is C24H25NO4. The van der Waals surface area contributed by atoms with E-state index in [9.17, 15) is 4.79 Å². The molecule has 0 spiro atoms. The molecule has 1 amide bonds. The smallest absolute Gasteiger partial charge is 0.265 e. The van der Waals surface area contributed by atoms with Crippen molar-refractivity contribution in [3.63, 3.8) is 0 Å². The molecule has 3 aromatic carbocycles. The maximum Gasteiger partial charge on any atom is 0.265 e. The van der Waals surface area contributed by atoms with Gasteiger partial charge in [-0.2, -0.15) is 0 Å². The van der Waals surface area contributed by atoms with Gasteiger partial charge < -0.3 is 19.5 Å². The van der Waals surface area contributed by atoms with Crippen LogP contribution in [0, 0.1) is 6.92 Å². The molecule has 5 nitrogen and oxygen atoms in total. The highest BCUT2D eigenvalue weighted by atomic mass is 16.5. The molecule has 0 heterocycles. The zero-order valence-corrected chi connectivity index (χ0v) is 16.6. The lowest BCUT2D eigenvalue weighted by molar-refractivity contribution is -0.122. The molecule has 5 heteroatoms. The first-order chi connectivity index (χ1) is 14.1. The van der Waals surface area contributed by atoms with Gasteiger partial charge in [0.1, 0.15) is 30.5 Å². The van der Waals surface area contributed by atoms with Gasteiger partial charge in [0.15, 0.2) is 6.10 Å². The van der Waals surface area contributed by atoms with Gasteiger partial charge in [-0.3, -0.25) is 4.79 Å². The molecule has 0 fully saturated rings. The van der Waals surface area contributed by atoms with Crippen LogP contribution in [-0.4, -0.2) is 25.2 Å². The van der Waals surface area contributed by atoms with Crippen molar-refractivity contribution in [1.29, 1.82) is 0 Å². The standard InChI is InChI=1S/C24H25NO4/c1-18-8-12-23(13-9-18)29-19(2)24(26)25-20-10-14-22(15-11-20)28-17-16-27-21-6-4-3-5-7-21/h3-15,19H,16-17H2,1-2H3,(H,25,26)/t19-/m0/s1. The molecule has 1 N–H and O–H groups in total. The van der Waals surface area contributed by atoms with Crippen molar-refractivity contribution in [2.75, 3.05) is 18.5 Å². The Bertz CT molecular complexity index is 892. The van der Waals surface area contributed by atoms with Gasteiger partial charge in [0.05, 0.1) is 0 Å². The highest BCUT2D eigenvalue weighted by molar-refractivity contribution is 5.94. The number of benzene rings is 3. The molecule has 0 saturated heterocycles. The van der Waals surface area contributed by atoms with Crippen molar-refractivity contribution in [2.24, 2.45) is 0 Å². The van der Waals surface area contributed by atoms with Crippen LogP contribution in [0.5, 0.6) is 17.2 Å². The number of rotatable bonds is 9. The normalized spacial score (nSPS) is 11.4. The Balaban J connectivity index is 1.42. The van der Waals surface area contributed by atoms with Gasteiger partial charge in [0.2, 0.25) is 0 Å². The number of anilines is 1. The number of carbonyl (C=O) groups excluding carboxylic acids is 1. The molecule has 0 saturated carbocycles. The molecule has 0 aromatic heterocycles. The Kier molecular flexibility index (Phi) is 7.11. The Morgan fingerprint density at radius 3 is 1.97 bits per heavy atom. The number of hydrogen-bond donors (Lipinski definition) is 1. The van der Waals surface area contributed by atoms with E-state index in [2.05, 4.69) is 5.32 Å². The van der Waals surface area contributed by atoms with E-state index in [1.807, 2.05) is 73.7 Å². The molecule has 29 heavy (non-hydrogen) atoms. The van der Waals surface area contributed by atoms with Crippen molar-refractivity contribution in [2.45, 2.75) is 20.0 Å². The summed E-state index contributed by atoms with van der Waals surface area (Å²) in [4.78, 5) is 12.3. The van der Waals surface area contributed by atoms with Crippen LogP contribution in [-0.2, 0) is 4.79 Å². The summed E-state index contributed by atoms with van der Waals surface area (Å²) in [5.74, 6) is 1.98. The average Bonchev–Trinajstić information content (AvgIpc) is 2.74. The predicted octanol–water partition coefficient (Wildman–Crippen LogP) is 4.86. The third-order valence-corrected chi connectivity index (χ3v) is 4.19. The summed E-state index contributed by atoms with van der Waals surface area (Å²) in [5, 5.41) is 2.85. The number of aryl methyl sites for hydroxylation is 1. The van der Waals surface area contributed by atoms with Gasteiger partial charge in [-0.05, 0) is 62.4 Å². The first-order valence-electron chi connectivity index (χ1n) is 9.55. The van der Waals surface area contributed by atoms with E-state index in [4.69, 9.17) is 14.2 Å². The van der Waals surface area contributed by atoms with Gasteiger partial charge in [0.25, 0.3) is 5.91 Å². The van der Waals surface area contributed by atoms with Gasteiger partial charge in [-0.25, -0.2) is 0 Å². The lowest BCUT2D eigenvalue weighted by Gasteiger charge is -2.15. The number of para-hydroxylation sites is 1. The third kappa shape index (κ3) is 6.57. The van der Waals surface area contributed by atoms with Crippen LogP contribution in [0.4, 0.5) is 5.69 Å². The quantitative estimate of drug-likeness (QED) is 0.529. The van der Waals surface area contributed by atoms with E-state index in [-0.39, 0.29) is 5.91 Å². The molecule has 0 aliphatic heterocycles. The summed E-state index contributed by atoms with van der Waals surface area (Å²) in [6.07, 6.45) is -0.608.